The lowest BCUT2D eigenvalue weighted by atomic mass is 10.1. The predicted octanol–water partition coefficient (Wildman–Crippen LogP) is 3.46. The van der Waals surface area contributed by atoms with Gasteiger partial charge in [-0.1, -0.05) is 32.0 Å². The van der Waals surface area contributed by atoms with Gasteiger partial charge in [0.2, 0.25) is 0 Å². The zero-order valence-electron chi connectivity index (χ0n) is 13.2. The first kappa shape index (κ1) is 15.5. The summed E-state index contributed by atoms with van der Waals surface area (Å²) in [4.78, 5) is 6.58. The minimum atomic E-state index is 0.689. The first-order valence-corrected chi connectivity index (χ1v) is 7.56. The van der Waals surface area contributed by atoms with Crippen LogP contribution in [0.25, 0.3) is 0 Å². The number of nitrogens with one attached hydrogen (secondary N) is 1. The molecule has 1 N–H and O–H groups in total. The molecule has 1 heterocycles. The minimum Gasteiger partial charge on any atom is -0.369 e. The Labute approximate surface area is 128 Å². The van der Waals surface area contributed by atoms with E-state index in [9.17, 15) is 0 Å². The van der Waals surface area contributed by atoms with Crippen LogP contribution in [0.4, 0.5) is 5.69 Å². The third-order valence-corrected chi connectivity index (χ3v) is 3.38. The van der Waals surface area contributed by atoms with Gasteiger partial charge in [0.15, 0.2) is 0 Å². The molecule has 0 spiro atoms. The van der Waals surface area contributed by atoms with Crippen LogP contribution in [0.2, 0.25) is 0 Å². The lowest BCUT2D eigenvalue weighted by molar-refractivity contribution is 0.552. The standard InChI is InChI=1S/C18H25N3/c1-15(2)12-19-13-16-7-9-18(10-8-16)21(3)14-17-6-4-5-11-20-17/h4-11,15,19H,12-14H2,1-3H3. The molecule has 1 aromatic heterocycles. The third-order valence-electron chi connectivity index (χ3n) is 3.38. The number of hydrogen-bond donors (Lipinski definition) is 1. The smallest absolute Gasteiger partial charge is 0.0598 e. The average Bonchev–Trinajstić information content (AvgIpc) is 2.48. The van der Waals surface area contributed by atoms with Gasteiger partial charge in [0, 0.05) is 25.5 Å². The van der Waals surface area contributed by atoms with Crippen LogP contribution in [0.1, 0.15) is 25.1 Å². The first-order valence-electron chi connectivity index (χ1n) is 7.56. The second kappa shape index (κ2) is 7.79. The maximum atomic E-state index is 4.37. The Morgan fingerprint density at radius 1 is 1.10 bits per heavy atom. The normalized spacial score (nSPS) is 10.9. The maximum absolute atomic E-state index is 4.37. The molecule has 0 amide bonds. The summed E-state index contributed by atoms with van der Waals surface area (Å²) in [5, 5.41) is 3.47. The Bertz CT molecular complexity index is 520. The van der Waals surface area contributed by atoms with E-state index in [4.69, 9.17) is 0 Å². The fraction of sp³-hybridized carbons (Fsp3) is 0.389. The van der Waals surface area contributed by atoms with Gasteiger partial charge in [-0.2, -0.15) is 0 Å². The minimum absolute atomic E-state index is 0.689. The van der Waals surface area contributed by atoms with Gasteiger partial charge in [-0.25, -0.2) is 0 Å². The van der Waals surface area contributed by atoms with Gasteiger partial charge in [0.25, 0.3) is 0 Å². The first-order chi connectivity index (χ1) is 10.1. The molecule has 0 radical (unpaired) electrons. The fourth-order valence-electron chi connectivity index (χ4n) is 2.20. The molecule has 112 valence electrons. The van der Waals surface area contributed by atoms with Crippen molar-refractivity contribution < 1.29 is 0 Å². The zero-order chi connectivity index (χ0) is 15.1. The molecule has 0 aliphatic heterocycles. The summed E-state index contributed by atoms with van der Waals surface area (Å²) in [6.45, 7) is 7.26. The van der Waals surface area contributed by atoms with E-state index in [1.165, 1.54) is 11.3 Å². The molecule has 2 aromatic rings. The van der Waals surface area contributed by atoms with Crippen molar-refractivity contribution in [3.8, 4) is 0 Å². The molecule has 1 aromatic carbocycles. The van der Waals surface area contributed by atoms with Crippen LogP contribution in [-0.4, -0.2) is 18.6 Å². The number of rotatable bonds is 7. The predicted molar refractivity (Wildman–Crippen MR) is 89.3 cm³/mol. The largest absolute Gasteiger partial charge is 0.369 e. The van der Waals surface area contributed by atoms with E-state index in [-0.39, 0.29) is 0 Å². The zero-order valence-corrected chi connectivity index (χ0v) is 13.2. The monoisotopic (exact) mass is 283 g/mol. The Kier molecular flexibility index (Phi) is 5.76. The van der Waals surface area contributed by atoms with Gasteiger partial charge in [-0.3, -0.25) is 4.98 Å². The van der Waals surface area contributed by atoms with Crippen molar-refractivity contribution in [1.29, 1.82) is 0 Å². The number of hydrogen-bond acceptors (Lipinski definition) is 3. The van der Waals surface area contributed by atoms with Crippen LogP contribution >= 0.6 is 0 Å². The second-order valence-electron chi connectivity index (χ2n) is 5.87. The Balaban J connectivity index is 1.89. The summed E-state index contributed by atoms with van der Waals surface area (Å²) in [6.07, 6.45) is 1.84. The summed E-state index contributed by atoms with van der Waals surface area (Å²) in [5.41, 5.74) is 3.63. The lowest BCUT2D eigenvalue weighted by Gasteiger charge is -2.19. The second-order valence-corrected chi connectivity index (χ2v) is 5.87. The highest BCUT2D eigenvalue weighted by Crippen LogP contribution is 2.15. The number of benzene rings is 1. The van der Waals surface area contributed by atoms with Crippen molar-refractivity contribution in [1.82, 2.24) is 10.3 Å². The van der Waals surface area contributed by atoms with Gasteiger partial charge in [0.1, 0.15) is 0 Å². The molecule has 0 aliphatic rings. The van der Waals surface area contributed by atoms with Crippen molar-refractivity contribution in [2.45, 2.75) is 26.9 Å². The van der Waals surface area contributed by atoms with E-state index in [1.807, 2.05) is 18.3 Å². The fourth-order valence-corrected chi connectivity index (χ4v) is 2.20. The van der Waals surface area contributed by atoms with Gasteiger partial charge in [-0.05, 0) is 42.3 Å². The number of aromatic nitrogens is 1. The molecule has 0 aliphatic carbocycles. The third kappa shape index (κ3) is 5.20. The quantitative estimate of drug-likeness (QED) is 0.843. The topological polar surface area (TPSA) is 28.2 Å². The van der Waals surface area contributed by atoms with Crippen LogP contribution in [0, 0.1) is 5.92 Å². The van der Waals surface area contributed by atoms with E-state index in [1.54, 1.807) is 0 Å². The van der Waals surface area contributed by atoms with Crippen LogP contribution in [0.3, 0.4) is 0 Å². The van der Waals surface area contributed by atoms with Crippen LogP contribution in [0.5, 0.6) is 0 Å². The number of anilines is 1. The average molecular weight is 283 g/mol. The molecule has 0 atom stereocenters. The summed E-state index contributed by atoms with van der Waals surface area (Å²) in [5.74, 6) is 0.689. The molecule has 0 bridgehead atoms. The number of pyridine rings is 1. The van der Waals surface area contributed by atoms with E-state index in [0.717, 1.165) is 25.3 Å². The van der Waals surface area contributed by atoms with Crippen LogP contribution in [0.15, 0.2) is 48.7 Å². The summed E-state index contributed by atoms with van der Waals surface area (Å²) in [6, 6.07) is 14.8. The van der Waals surface area contributed by atoms with E-state index in [0.29, 0.717) is 5.92 Å². The summed E-state index contributed by atoms with van der Waals surface area (Å²) in [7, 11) is 2.10. The van der Waals surface area contributed by atoms with E-state index in [2.05, 4.69) is 66.4 Å². The molecular formula is C18H25N3. The van der Waals surface area contributed by atoms with Crippen molar-refractivity contribution in [2.75, 3.05) is 18.5 Å². The van der Waals surface area contributed by atoms with Gasteiger partial charge in [0.05, 0.1) is 12.2 Å². The number of nitrogens with zero attached hydrogens (tertiary/aromatic N) is 2. The van der Waals surface area contributed by atoms with Crippen molar-refractivity contribution in [2.24, 2.45) is 5.92 Å². The van der Waals surface area contributed by atoms with Gasteiger partial charge >= 0.3 is 0 Å². The molecule has 0 fully saturated rings. The molecule has 0 saturated carbocycles. The Morgan fingerprint density at radius 2 is 1.86 bits per heavy atom. The summed E-state index contributed by atoms with van der Waals surface area (Å²) >= 11 is 0. The Morgan fingerprint density at radius 3 is 2.48 bits per heavy atom. The SMILES string of the molecule is CC(C)CNCc1ccc(N(C)Cc2ccccn2)cc1. The molecule has 2 rings (SSSR count). The van der Waals surface area contributed by atoms with Gasteiger partial charge in [-0.15, -0.1) is 0 Å². The lowest BCUT2D eigenvalue weighted by Crippen LogP contribution is -2.19. The highest BCUT2D eigenvalue weighted by Gasteiger charge is 2.03. The van der Waals surface area contributed by atoms with E-state index < -0.39 is 0 Å². The van der Waals surface area contributed by atoms with Crippen molar-refractivity contribution in [3.63, 3.8) is 0 Å². The van der Waals surface area contributed by atoms with Crippen LogP contribution in [-0.2, 0) is 13.1 Å². The van der Waals surface area contributed by atoms with E-state index >= 15 is 0 Å². The molecule has 3 nitrogen and oxygen atoms in total. The summed E-state index contributed by atoms with van der Waals surface area (Å²) < 4.78 is 0. The highest BCUT2D eigenvalue weighted by molar-refractivity contribution is 5.47. The Hall–Kier alpha value is -1.87. The molecule has 21 heavy (non-hydrogen) atoms. The molecule has 0 unspecified atom stereocenters. The van der Waals surface area contributed by atoms with Gasteiger partial charge < -0.3 is 10.2 Å². The molecule has 3 heteroatoms. The molecule has 0 saturated heterocycles. The maximum Gasteiger partial charge on any atom is 0.0598 e. The molecular weight excluding hydrogens is 258 g/mol. The highest BCUT2D eigenvalue weighted by atomic mass is 15.1. The van der Waals surface area contributed by atoms with Crippen LogP contribution < -0.4 is 10.2 Å². The van der Waals surface area contributed by atoms with Crippen molar-refractivity contribution >= 4 is 5.69 Å². The van der Waals surface area contributed by atoms with Crippen molar-refractivity contribution in [3.05, 3.63) is 59.9 Å².